The minimum Gasteiger partial charge on any atom is -0.367 e. The lowest BCUT2D eigenvalue weighted by Crippen LogP contribution is -2.47. The summed E-state index contributed by atoms with van der Waals surface area (Å²) in [6.07, 6.45) is -1.06. The third-order valence-electron chi connectivity index (χ3n) is 5.02. The van der Waals surface area contributed by atoms with Crippen LogP contribution in [0.2, 0.25) is 0 Å². The second kappa shape index (κ2) is 7.38. The van der Waals surface area contributed by atoms with Gasteiger partial charge >= 0.3 is 6.18 Å². The van der Waals surface area contributed by atoms with Crippen LogP contribution in [-0.2, 0) is 6.18 Å². The van der Waals surface area contributed by atoms with E-state index in [1.807, 2.05) is 31.1 Å². The summed E-state index contributed by atoms with van der Waals surface area (Å²) in [5, 5.41) is 0.728. The Morgan fingerprint density at radius 2 is 1.59 bits per heavy atom. The first-order valence-electron chi connectivity index (χ1n) is 9.29. The highest BCUT2D eigenvalue weighted by molar-refractivity contribution is 5.92. The average Bonchev–Trinajstić information content (AvgIpc) is 2.72. The van der Waals surface area contributed by atoms with Crippen molar-refractivity contribution >= 4 is 28.4 Å². The van der Waals surface area contributed by atoms with E-state index in [0.29, 0.717) is 11.5 Å². The summed E-state index contributed by atoms with van der Waals surface area (Å²) >= 11 is 0. The van der Waals surface area contributed by atoms with Crippen molar-refractivity contribution in [3.8, 4) is 0 Å². The molecule has 152 valence electrons. The number of fused-ring (bicyclic) bond motifs is 1. The van der Waals surface area contributed by atoms with E-state index >= 15 is 0 Å². The highest BCUT2D eigenvalue weighted by Crippen LogP contribution is 2.34. The SMILES string of the molecule is CN(C)c1nccc(N2CCN(c3ccnc4cc(C(F)(F)F)ccc34)CC2)n1. The van der Waals surface area contributed by atoms with Crippen molar-refractivity contribution in [3.05, 3.63) is 48.3 Å². The van der Waals surface area contributed by atoms with Gasteiger partial charge in [-0.05, 0) is 24.3 Å². The van der Waals surface area contributed by atoms with Gasteiger partial charge in [0.25, 0.3) is 0 Å². The third kappa shape index (κ3) is 3.90. The molecular weight excluding hydrogens is 381 g/mol. The topological polar surface area (TPSA) is 48.4 Å². The van der Waals surface area contributed by atoms with E-state index in [-0.39, 0.29) is 0 Å². The van der Waals surface area contributed by atoms with Crippen molar-refractivity contribution in [1.29, 1.82) is 0 Å². The number of alkyl halides is 3. The number of anilines is 3. The number of aromatic nitrogens is 3. The molecule has 0 unspecified atom stereocenters. The van der Waals surface area contributed by atoms with Crippen LogP contribution in [0.1, 0.15) is 5.56 Å². The molecule has 0 N–H and O–H groups in total. The molecule has 6 nitrogen and oxygen atoms in total. The van der Waals surface area contributed by atoms with Crippen molar-refractivity contribution < 1.29 is 13.2 Å². The van der Waals surface area contributed by atoms with Gasteiger partial charge < -0.3 is 14.7 Å². The van der Waals surface area contributed by atoms with Crippen molar-refractivity contribution in [1.82, 2.24) is 15.0 Å². The van der Waals surface area contributed by atoms with Gasteiger partial charge in [0.05, 0.1) is 11.1 Å². The fourth-order valence-corrected chi connectivity index (χ4v) is 3.49. The van der Waals surface area contributed by atoms with Gasteiger partial charge in [-0.15, -0.1) is 0 Å². The second-order valence-electron chi connectivity index (χ2n) is 7.14. The fraction of sp³-hybridized carbons (Fsp3) is 0.350. The zero-order valence-corrected chi connectivity index (χ0v) is 16.2. The van der Waals surface area contributed by atoms with Gasteiger partial charge in [-0.2, -0.15) is 18.2 Å². The molecule has 1 aromatic carbocycles. The Labute approximate surface area is 166 Å². The van der Waals surface area contributed by atoms with E-state index in [4.69, 9.17) is 0 Å². The molecule has 0 aliphatic carbocycles. The second-order valence-corrected chi connectivity index (χ2v) is 7.14. The molecule has 0 saturated carbocycles. The first kappa shape index (κ1) is 19.2. The highest BCUT2D eigenvalue weighted by atomic mass is 19.4. The molecule has 29 heavy (non-hydrogen) atoms. The molecule has 1 aliphatic rings. The summed E-state index contributed by atoms with van der Waals surface area (Å²) in [4.78, 5) is 19.2. The summed E-state index contributed by atoms with van der Waals surface area (Å²) in [5.41, 5.74) is 0.575. The van der Waals surface area contributed by atoms with E-state index in [2.05, 4.69) is 24.8 Å². The maximum atomic E-state index is 13.0. The van der Waals surface area contributed by atoms with Gasteiger partial charge in [-0.25, -0.2) is 4.98 Å². The molecule has 3 aromatic rings. The molecule has 0 bridgehead atoms. The predicted octanol–water partition coefficient (Wildman–Crippen LogP) is 3.44. The van der Waals surface area contributed by atoms with E-state index in [1.165, 1.54) is 6.07 Å². The summed E-state index contributed by atoms with van der Waals surface area (Å²) in [6, 6.07) is 7.50. The van der Waals surface area contributed by atoms with Crippen LogP contribution in [0.5, 0.6) is 0 Å². The van der Waals surface area contributed by atoms with Crippen LogP contribution in [0, 0.1) is 0 Å². The largest absolute Gasteiger partial charge is 0.416 e. The number of hydrogen-bond acceptors (Lipinski definition) is 6. The molecule has 0 amide bonds. The summed E-state index contributed by atoms with van der Waals surface area (Å²) in [6.45, 7) is 2.99. The van der Waals surface area contributed by atoms with Gasteiger partial charge in [0.2, 0.25) is 5.95 Å². The maximum Gasteiger partial charge on any atom is 0.416 e. The Morgan fingerprint density at radius 3 is 2.28 bits per heavy atom. The zero-order chi connectivity index (χ0) is 20.6. The van der Waals surface area contributed by atoms with Gasteiger partial charge in [-0.3, -0.25) is 4.98 Å². The molecule has 0 spiro atoms. The van der Waals surface area contributed by atoms with Crippen LogP contribution in [0.3, 0.4) is 0 Å². The van der Waals surface area contributed by atoms with Crippen LogP contribution in [-0.4, -0.2) is 55.2 Å². The highest BCUT2D eigenvalue weighted by Gasteiger charge is 2.31. The zero-order valence-electron chi connectivity index (χ0n) is 16.2. The quantitative estimate of drug-likeness (QED) is 0.669. The van der Waals surface area contributed by atoms with Crippen molar-refractivity contribution in [2.45, 2.75) is 6.18 Å². The predicted molar refractivity (Wildman–Crippen MR) is 108 cm³/mol. The number of benzene rings is 1. The lowest BCUT2D eigenvalue weighted by Gasteiger charge is -2.37. The van der Waals surface area contributed by atoms with Crippen molar-refractivity contribution in [2.24, 2.45) is 0 Å². The van der Waals surface area contributed by atoms with Crippen molar-refractivity contribution in [2.75, 3.05) is 55.0 Å². The first-order valence-corrected chi connectivity index (χ1v) is 9.29. The van der Waals surface area contributed by atoms with Gasteiger partial charge in [0, 0.05) is 63.7 Å². The maximum absolute atomic E-state index is 13.0. The molecule has 2 aromatic heterocycles. The average molecular weight is 402 g/mol. The van der Waals surface area contributed by atoms with Crippen LogP contribution < -0.4 is 14.7 Å². The van der Waals surface area contributed by atoms with Crippen LogP contribution in [0.15, 0.2) is 42.7 Å². The Morgan fingerprint density at radius 1 is 0.897 bits per heavy atom. The summed E-state index contributed by atoms with van der Waals surface area (Å²) < 4.78 is 39.0. The normalized spacial score (nSPS) is 15.1. The number of hydrogen-bond donors (Lipinski definition) is 0. The smallest absolute Gasteiger partial charge is 0.367 e. The van der Waals surface area contributed by atoms with Gasteiger partial charge in [0.15, 0.2) is 0 Å². The Hall–Kier alpha value is -3.10. The standard InChI is InChI=1S/C20H21F3N6/c1-27(2)19-25-8-6-18(26-19)29-11-9-28(10-12-29)17-5-7-24-16-13-14(20(21,22)23)3-4-15(16)17/h3-8,13H,9-12H2,1-2H3. The number of nitrogens with zero attached hydrogens (tertiary/aromatic N) is 6. The Kier molecular flexibility index (Phi) is 4.89. The van der Waals surface area contributed by atoms with E-state index in [0.717, 1.165) is 55.2 Å². The number of rotatable bonds is 3. The number of piperazine rings is 1. The van der Waals surface area contributed by atoms with Crippen LogP contribution >= 0.6 is 0 Å². The van der Waals surface area contributed by atoms with E-state index < -0.39 is 11.7 Å². The Bertz CT molecular complexity index is 1010. The minimum absolute atomic E-state index is 0.353. The van der Waals surface area contributed by atoms with E-state index in [9.17, 15) is 13.2 Å². The first-order chi connectivity index (χ1) is 13.8. The third-order valence-corrected chi connectivity index (χ3v) is 5.02. The minimum atomic E-state index is -4.37. The molecule has 3 heterocycles. The van der Waals surface area contributed by atoms with Gasteiger partial charge in [-0.1, -0.05) is 6.07 Å². The molecule has 0 atom stereocenters. The Balaban J connectivity index is 1.54. The summed E-state index contributed by atoms with van der Waals surface area (Å²) in [5.74, 6) is 1.53. The number of pyridine rings is 1. The summed E-state index contributed by atoms with van der Waals surface area (Å²) in [7, 11) is 3.80. The van der Waals surface area contributed by atoms with Gasteiger partial charge in [0.1, 0.15) is 5.82 Å². The molecule has 1 saturated heterocycles. The lowest BCUT2D eigenvalue weighted by atomic mass is 10.1. The van der Waals surface area contributed by atoms with Crippen LogP contribution in [0.25, 0.3) is 10.9 Å². The van der Waals surface area contributed by atoms with E-state index in [1.54, 1.807) is 12.4 Å². The molecule has 1 aliphatic heterocycles. The molecule has 4 rings (SSSR count). The van der Waals surface area contributed by atoms with Crippen LogP contribution in [0.4, 0.5) is 30.6 Å². The molecule has 0 radical (unpaired) electrons. The lowest BCUT2D eigenvalue weighted by molar-refractivity contribution is -0.137. The number of halogens is 3. The monoisotopic (exact) mass is 402 g/mol. The van der Waals surface area contributed by atoms with Crippen molar-refractivity contribution in [3.63, 3.8) is 0 Å². The molecule has 9 heteroatoms. The fourth-order valence-electron chi connectivity index (χ4n) is 3.49. The molecule has 1 fully saturated rings. The molecular formula is C20H21F3N6.